The van der Waals surface area contributed by atoms with Gasteiger partial charge in [-0.25, -0.2) is 0 Å². The van der Waals surface area contributed by atoms with Gasteiger partial charge in [0, 0.05) is 12.6 Å². The lowest BCUT2D eigenvalue weighted by atomic mass is 10.0. The Morgan fingerprint density at radius 3 is 2.39 bits per heavy atom. The Kier molecular flexibility index (Phi) is 3.70. The zero-order valence-electron chi connectivity index (χ0n) is 11.4. The topological polar surface area (TPSA) is 38.1 Å². The van der Waals surface area contributed by atoms with Gasteiger partial charge in [0.2, 0.25) is 0 Å². The third-order valence-corrected chi connectivity index (χ3v) is 2.87. The molecular formula is C15H20N2O. The monoisotopic (exact) mass is 244 g/mol. The van der Waals surface area contributed by atoms with E-state index >= 15 is 0 Å². The molecule has 1 aromatic carbocycles. The van der Waals surface area contributed by atoms with Crippen LogP contribution in [0.1, 0.15) is 25.1 Å². The van der Waals surface area contributed by atoms with E-state index in [1.807, 2.05) is 6.92 Å². The molecule has 1 aromatic heterocycles. The highest BCUT2D eigenvalue weighted by Crippen LogP contribution is 2.26. The van der Waals surface area contributed by atoms with Crippen LogP contribution in [0.4, 0.5) is 6.01 Å². The van der Waals surface area contributed by atoms with Crippen molar-refractivity contribution in [1.82, 2.24) is 4.98 Å². The highest BCUT2D eigenvalue weighted by Gasteiger charge is 2.10. The van der Waals surface area contributed by atoms with Crippen molar-refractivity contribution in [3.63, 3.8) is 0 Å². The van der Waals surface area contributed by atoms with E-state index in [2.05, 4.69) is 48.4 Å². The summed E-state index contributed by atoms with van der Waals surface area (Å²) in [6.07, 6.45) is 1.11. The number of aryl methyl sites for hydroxylation is 1. The maximum Gasteiger partial charge on any atom is 0.295 e. The van der Waals surface area contributed by atoms with Gasteiger partial charge < -0.3 is 9.73 Å². The van der Waals surface area contributed by atoms with Crippen molar-refractivity contribution >= 4 is 6.01 Å². The summed E-state index contributed by atoms with van der Waals surface area (Å²) in [6, 6.07) is 9.09. The van der Waals surface area contributed by atoms with Crippen molar-refractivity contribution in [2.45, 2.75) is 27.2 Å². The van der Waals surface area contributed by atoms with Crippen molar-refractivity contribution in [2.24, 2.45) is 5.92 Å². The maximum absolute atomic E-state index is 5.65. The molecule has 0 saturated carbocycles. The van der Waals surface area contributed by atoms with Gasteiger partial charge in [0.1, 0.15) is 0 Å². The Balaban J connectivity index is 2.25. The molecule has 0 spiro atoms. The van der Waals surface area contributed by atoms with Gasteiger partial charge in [0.25, 0.3) is 6.01 Å². The quantitative estimate of drug-likeness (QED) is 0.886. The van der Waals surface area contributed by atoms with Gasteiger partial charge in [0.15, 0.2) is 5.76 Å². The molecule has 0 aliphatic heterocycles. The van der Waals surface area contributed by atoms with Gasteiger partial charge in [-0.3, -0.25) is 0 Å². The van der Waals surface area contributed by atoms with Crippen LogP contribution < -0.4 is 5.32 Å². The fourth-order valence-electron chi connectivity index (χ4n) is 2.03. The molecule has 0 unspecified atom stereocenters. The summed E-state index contributed by atoms with van der Waals surface area (Å²) in [4.78, 5) is 4.30. The smallest absolute Gasteiger partial charge is 0.295 e. The van der Waals surface area contributed by atoms with E-state index in [1.54, 1.807) is 7.05 Å². The number of oxazole rings is 1. The van der Waals surface area contributed by atoms with E-state index in [4.69, 9.17) is 4.42 Å². The largest absolute Gasteiger partial charge is 0.423 e. The van der Waals surface area contributed by atoms with E-state index in [1.165, 1.54) is 5.56 Å². The molecule has 0 amide bonds. The van der Waals surface area contributed by atoms with Crippen LogP contribution in [0.3, 0.4) is 0 Å². The van der Waals surface area contributed by atoms with Gasteiger partial charge in [-0.1, -0.05) is 38.1 Å². The number of benzene rings is 1. The van der Waals surface area contributed by atoms with Gasteiger partial charge in [0.05, 0.1) is 5.69 Å². The van der Waals surface area contributed by atoms with Crippen LogP contribution in [0, 0.1) is 12.8 Å². The van der Waals surface area contributed by atoms with Crippen LogP contribution in [-0.4, -0.2) is 12.0 Å². The molecule has 0 aliphatic carbocycles. The van der Waals surface area contributed by atoms with Crippen LogP contribution in [0.15, 0.2) is 28.7 Å². The molecule has 3 nitrogen and oxygen atoms in total. The predicted molar refractivity (Wildman–Crippen MR) is 74.8 cm³/mol. The third kappa shape index (κ3) is 2.73. The average molecular weight is 244 g/mol. The SMILES string of the molecule is CNc1nc(C)c(-c2ccc(CC(C)C)cc2)o1. The Hall–Kier alpha value is -1.77. The Morgan fingerprint density at radius 1 is 1.22 bits per heavy atom. The normalized spacial score (nSPS) is 10.9. The minimum atomic E-state index is 0.564. The van der Waals surface area contributed by atoms with Crippen molar-refractivity contribution in [1.29, 1.82) is 0 Å². The molecule has 1 N–H and O–H groups in total. The summed E-state index contributed by atoms with van der Waals surface area (Å²) in [6.45, 7) is 6.42. The number of nitrogens with one attached hydrogen (secondary N) is 1. The third-order valence-electron chi connectivity index (χ3n) is 2.87. The van der Waals surface area contributed by atoms with Gasteiger partial charge in [-0.2, -0.15) is 4.98 Å². The van der Waals surface area contributed by atoms with Crippen LogP contribution in [0.25, 0.3) is 11.3 Å². The number of anilines is 1. The average Bonchev–Trinajstić information content (AvgIpc) is 2.71. The van der Waals surface area contributed by atoms with E-state index in [9.17, 15) is 0 Å². The number of rotatable bonds is 4. The summed E-state index contributed by atoms with van der Waals surface area (Å²) in [7, 11) is 1.81. The summed E-state index contributed by atoms with van der Waals surface area (Å²) in [5, 5.41) is 2.92. The van der Waals surface area contributed by atoms with Crippen molar-refractivity contribution in [3.8, 4) is 11.3 Å². The zero-order chi connectivity index (χ0) is 13.1. The number of hydrogen-bond acceptors (Lipinski definition) is 3. The minimum absolute atomic E-state index is 0.564. The van der Waals surface area contributed by atoms with Gasteiger partial charge in [-0.15, -0.1) is 0 Å². The van der Waals surface area contributed by atoms with Crippen molar-refractivity contribution in [2.75, 3.05) is 12.4 Å². The second kappa shape index (κ2) is 5.25. The lowest BCUT2D eigenvalue weighted by molar-refractivity contribution is 0.589. The molecule has 0 fully saturated rings. The molecular weight excluding hydrogens is 224 g/mol. The molecule has 3 heteroatoms. The lowest BCUT2D eigenvalue weighted by Gasteiger charge is -2.05. The summed E-state index contributed by atoms with van der Waals surface area (Å²) >= 11 is 0. The molecule has 2 rings (SSSR count). The van der Waals surface area contributed by atoms with Gasteiger partial charge in [-0.05, 0) is 24.8 Å². The first-order valence-corrected chi connectivity index (χ1v) is 6.34. The molecule has 96 valence electrons. The lowest BCUT2D eigenvalue weighted by Crippen LogP contribution is -1.93. The molecule has 18 heavy (non-hydrogen) atoms. The molecule has 0 aliphatic rings. The van der Waals surface area contributed by atoms with Gasteiger partial charge >= 0.3 is 0 Å². The van der Waals surface area contributed by atoms with E-state index in [0.29, 0.717) is 11.9 Å². The van der Waals surface area contributed by atoms with E-state index in [0.717, 1.165) is 23.4 Å². The van der Waals surface area contributed by atoms with E-state index in [-0.39, 0.29) is 0 Å². The van der Waals surface area contributed by atoms with E-state index < -0.39 is 0 Å². The molecule has 1 heterocycles. The Morgan fingerprint density at radius 2 is 1.89 bits per heavy atom. The Labute approximate surface area is 108 Å². The van der Waals surface area contributed by atoms with Crippen LogP contribution in [0.5, 0.6) is 0 Å². The fraction of sp³-hybridized carbons (Fsp3) is 0.400. The molecule has 0 radical (unpaired) electrons. The predicted octanol–water partition coefficient (Wildman–Crippen LogP) is 3.89. The first-order chi connectivity index (χ1) is 8.60. The summed E-state index contributed by atoms with van der Waals surface area (Å²) in [5.41, 5.74) is 3.35. The highest BCUT2D eigenvalue weighted by atomic mass is 16.4. The molecule has 2 aromatic rings. The van der Waals surface area contributed by atoms with Crippen LogP contribution in [0.2, 0.25) is 0 Å². The molecule has 0 saturated heterocycles. The fourth-order valence-corrected chi connectivity index (χ4v) is 2.03. The van der Waals surface area contributed by atoms with Crippen molar-refractivity contribution in [3.05, 3.63) is 35.5 Å². The Bertz CT molecular complexity index is 512. The first kappa shape index (κ1) is 12.7. The number of aromatic nitrogens is 1. The number of nitrogens with zero attached hydrogens (tertiary/aromatic N) is 1. The number of hydrogen-bond donors (Lipinski definition) is 1. The second-order valence-electron chi connectivity index (χ2n) is 4.98. The first-order valence-electron chi connectivity index (χ1n) is 6.34. The molecule has 0 bridgehead atoms. The zero-order valence-corrected chi connectivity index (χ0v) is 11.4. The summed E-state index contributed by atoms with van der Waals surface area (Å²) < 4.78 is 5.65. The standard InChI is InChI=1S/C15H20N2O/c1-10(2)9-12-5-7-13(8-6-12)14-11(3)17-15(16-4)18-14/h5-8,10H,9H2,1-4H3,(H,16,17). The molecule has 0 atom stereocenters. The summed E-state index contributed by atoms with van der Waals surface area (Å²) in [5.74, 6) is 1.52. The minimum Gasteiger partial charge on any atom is -0.423 e. The van der Waals surface area contributed by atoms with Crippen LogP contribution >= 0.6 is 0 Å². The highest BCUT2D eigenvalue weighted by molar-refractivity contribution is 5.61. The second-order valence-corrected chi connectivity index (χ2v) is 4.98. The van der Waals surface area contributed by atoms with Crippen molar-refractivity contribution < 1.29 is 4.42 Å². The van der Waals surface area contributed by atoms with Crippen LogP contribution in [-0.2, 0) is 6.42 Å². The maximum atomic E-state index is 5.65.